The largest absolute Gasteiger partial charge is 0.481 e. The smallest absolute Gasteiger partial charge is 0.326 e. The lowest BCUT2D eigenvalue weighted by Gasteiger charge is -2.39. The van der Waals surface area contributed by atoms with Gasteiger partial charge < -0.3 is 20.4 Å². The summed E-state index contributed by atoms with van der Waals surface area (Å²) >= 11 is 0. The molecular formula is C14H22N2O5. The molecule has 21 heavy (non-hydrogen) atoms. The molecule has 0 aromatic rings. The summed E-state index contributed by atoms with van der Waals surface area (Å²) in [4.78, 5) is 35.2. The van der Waals surface area contributed by atoms with E-state index in [0.717, 1.165) is 12.8 Å². The van der Waals surface area contributed by atoms with Crippen LogP contribution in [-0.4, -0.2) is 52.2 Å². The number of carbonyl (C=O) groups excluding carboxylic acids is 1. The Morgan fingerprint density at radius 3 is 2.10 bits per heavy atom. The Labute approximate surface area is 123 Å². The van der Waals surface area contributed by atoms with E-state index in [1.807, 2.05) is 0 Å². The second kappa shape index (κ2) is 6.32. The van der Waals surface area contributed by atoms with E-state index in [9.17, 15) is 14.4 Å². The molecule has 0 aromatic carbocycles. The van der Waals surface area contributed by atoms with Crippen molar-refractivity contribution in [2.45, 2.75) is 51.0 Å². The first-order valence-electron chi connectivity index (χ1n) is 7.42. The number of carbonyl (C=O) groups is 3. The van der Waals surface area contributed by atoms with Crippen molar-refractivity contribution in [3.63, 3.8) is 0 Å². The third-order valence-electron chi connectivity index (χ3n) is 4.75. The van der Waals surface area contributed by atoms with E-state index in [-0.39, 0.29) is 0 Å². The Kier molecular flexibility index (Phi) is 4.69. The molecule has 1 aliphatic carbocycles. The Morgan fingerprint density at radius 1 is 1.05 bits per heavy atom. The number of rotatable bonds is 4. The van der Waals surface area contributed by atoms with Gasteiger partial charge in [-0.3, -0.25) is 4.79 Å². The van der Waals surface area contributed by atoms with Crippen molar-refractivity contribution in [3.8, 4) is 0 Å². The molecule has 7 nitrogen and oxygen atoms in total. The number of hydrogen-bond donors (Lipinski definition) is 3. The number of hydrogen-bond acceptors (Lipinski definition) is 3. The first-order chi connectivity index (χ1) is 9.92. The van der Waals surface area contributed by atoms with Crippen molar-refractivity contribution < 1.29 is 24.6 Å². The summed E-state index contributed by atoms with van der Waals surface area (Å²) in [5, 5.41) is 19.9. The first kappa shape index (κ1) is 15.6. The summed E-state index contributed by atoms with van der Waals surface area (Å²) in [6, 6.07) is -1.85. The van der Waals surface area contributed by atoms with Crippen LogP contribution >= 0.6 is 0 Å². The summed E-state index contributed by atoms with van der Waals surface area (Å²) in [6.45, 7) is 1.23. The fourth-order valence-electron chi connectivity index (χ4n) is 3.42. The highest BCUT2D eigenvalue weighted by Gasteiger charge is 2.38. The summed E-state index contributed by atoms with van der Waals surface area (Å²) < 4.78 is 0. The van der Waals surface area contributed by atoms with Crippen LogP contribution in [0.4, 0.5) is 4.79 Å². The van der Waals surface area contributed by atoms with Gasteiger partial charge in [0.1, 0.15) is 6.04 Å². The van der Waals surface area contributed by atoms with Crippen LogP contribution in [0.2, 0.25) is 0 Å². The molecule has 1 atom stereocenters. The molecule has 2 amide bonds. The second-order valence-corrected chi connectivity index (χ2v) is 6.13. The number of nitrogens with zero attached hydrogens (tertiary/aromatic N) is 1. The van der Waals surface area contributed by atoms with E-state index in [0.29, 0.717) is 18.5 Å². The molecule has 2 aliphatic rings. The van der Waals surface area contributed by atoms with Crippen LogP contribution in [0.15, 0.2) is 0 Å². The topological polar surface area (TPSA) is 107 Å². The second-order valence-electron chi connectivity index (χ2n) is 6.13. The van der Waals surface area contributed by atoms with Gasteiger partial charge in [-0.2, -0.15) is 0 Å². The van der Waals surface area contributed by atoms with E-state index in [1.165, 1.54) is 25.7 Å². The van der Waals surface area contributed by atoms with Gasteiger partial charge in [-0.25, -0.2) is 9.59 Å². The van der Waals surface area contributed by atoms with Crippen LogP contribution in [0.5, 0.6) is 0 Å². The minimum absolute atomic E-state index is 0.379. The maximum absolute atomic E-state index is 12.1. The van der Waals surface area contributed by atoms with Crippen LogP contribution in [0, 0.1) is 5.41 Å². The molecule has 7 heteroatoms. The normalized spacial score (nSPS) is 22.0. The number of aliphatic carboxylic acids is 2. The van der Waals surface area contributed by atoms with E-state index in [2.05, 4.69) is 5.32 Å². The van der Waals surface area contributed by atoms with Gasteiger partial charge in [0.15, 0.2) is 0 Å². The van der Waals surface area contributed by atoms with Crippen LogP contribution in [0.25, 0.3) is 0 Å². The molecule has 1 aliphatic heterocycles. The molecule has 0 bridgehead atoms. The van der Waals surface area contributed by atoms with E-state index in [1.54, 1.807) is 4.90 Å². The van der Waals surface area contributed by atoms with Gasteiger partial charge >= 0.3 is 18.0 Å². The van der Waals surface area contributed by atoms with Crippen molar-refractivity contribution >= 4 is 18.0 Å². The fourth-order valence-corrected chi connectivity index (χ4v) is 3.42. The molecule has 1 heterocycles. The van der Waals surface area contributed by atoms with Gasteiger partial charge in [-0.05, 0) is 31.1 Å². The van der Waals surface area contributed by atoms with Crippen molar-refractivity contribution in [3.05, 3.63) is 0 Å². The number of nitrogens with one attached hydrogen (secondary N) is 1. The predicted octanol–water partition coefficient (Wildman–Crippen LogP) is 1.28. The number of carboxylic acids is 2. The molecule has 0 unspecified atom stereocenters. The van der Waals surface area contributed by atoms with Crippen molar-refractivity contribution in [2.75, 3.05) is 13.1 Å². The van der Waals surface area contributed by atoms with Crippen LogP contribution in [0.1, 0.15) is 44.9 Å². The van der Waals surface area contributed by atoms with Crippen LogP contribution in [0.3, 0.4) is 0 Å². The summed E-state index contributed by atoms with van der Waals surface area (Å²) in [7, 11) is 0. The highest BCUT2D eigenvalue weighted by molar-refractivity contribution is 5.86. The average Bonchev–Trinajstić information content (AvgIpc) is 2.86. The highest BCUT2D eigenvalue weighted by atomic mass is 16.4. The Bertz CT molecular complexity index is 421. The number of carboxylic acid groups (broad SMARTS) is 2. The van der Waals surface area contributed by atoms with Crippen LogP contribution in [-0.2, 0) is 9.59 Å². The van der Waals surface area contributed by atoms with Gasteiger partial charge in [0.05, 0.1) is 6.42 Å². The minimum atomic E-state index is -1.38. The van der Waals surface area contributed by atoms with Crippen molar-refractivity contribution in [2.24, 2.45) is 5.41 Å². The fraction of sp³-hybridized carbons (Fsp3) is 0.786. The summed E-state index contributed by atoms with van der Waals surface area (Å²) in [6.07, 6.45) is 6.25. The lowest BCUT2D eigenvalue weighted by atomic mass is 9.77. The van der Waals surface area contributed by atoms with Crippen LogP contribution < -0.4 is 5.32 Å². The number of amides is 2. The van der Waals surface area contributed by atoms with E-state index in [4.69, 9.17) is 10.2 Å². The molecule has 3 N–H and O–H groups in total. The zero-order valence-electron chi connectivity index (χ0n) is 12.0. The average molecular weight is 298 g/mol. The zero-order chi connectivity index (χ0) is 15.5. The molecule has 1 saturated carbocycles. The lowest BCUT2D eigenvalue weighted by Crippen LogP contribution is -2.51. The standard InChI is InChI=1S/C14H22N2O5/c17-11(18)9-10(12(19)20)15-13(21)16-7-5-14(6-8-16)3-1-2-4-14/h10H,1-9H2,(H,15,21)(H,17,18)(H,19,20)/t10-/m0/s1. The first-order valence-corrected chi connectivity index (χ1v) is 7.42. The monoisotopic (exact) mass is 298 g/mol. The van der Waals surface area contributed by atoms with Gasteiger partial charge in [-0.15, -0.1) is 0 Å². The molecule has 1 saturated heterocycles. The highest BCUT2D eigenvalue weighted by Crippen LogP contribution is 2.46. The third kappa shape index (κ3) is 3.86. The zero-order valence-corrected chi connectivity index (χ0v) is 12.0. The van der Waals surface area contributed by atoms with Gasteiger partial charge in [0.2, 0.25) is 0 Å². The molecule has 2 fully saturated rings. The maximum Gasteiger partial charge on any atom is 0.326 e. The molecule has 0 aromatic heterocycles. The van der Waals surface area contributed by atoms with Gasteiger partial charge in [-0.1, -0.05) is 12.8 Å². The van der Waals surface area contributed by atoms with Crippen molar-refractivity contribution in [1.82, 2.24) is 10.2 Å². The summed E-state index contributed by atoms with van der Waals surface area (Å²) in [5.74, 6) is -2.57. The van der Waals surface area contributed by atoms with Gasteiger partial charge in [0.25, 0.3) is 0 Å². The quantitative estimate of drug-likeness (QED) is 0.724. The van der Waals surface area contributed by atoms with Gasteiger partial charge in [0, 0.05) is 13.1 Å². The Hall–Kier alpha value is -1.79. The number of piperidine rings is 1. The molecule has 1 spiro atoms. The maximum atomic E-state index is 12.1. The predicted molar refractivity (Wildman–Crippen MR) is 73.9 cm³/mol. The molecule has 0 radical (unpaired) electrons. The lowest BCUT2D eigenvalue weighted by molar-refractivity contribution is -0.145. The van der Waals surface area contributed by atoms with E-state index < -0.39 is 30.4 Å². The number of likely N-dealkylation sites (tertiary alicyclic amines) is 1. The van der Waals surface area contributed by atoms with Crippen molar-refractivity contribution in [1.29, 1.82) is 0 Å². The minimum Gasteiger partial charge on any atom is -0.481 e. The van der Waals surface area contributed by atoms with E-state index >= 15 is 0 Å². The summed E-state index contributed by atoms with van der Waals surface area (Å²) in [5.41, 5.74) is 0.379. The molecule has 2 rings (SSSR count). The molecule has 118 valence electrons. The molecular weight excluding hydrogens is 276 g/mol. The third-order valence-corrected chi connectivity index (χ3v) is 4.75. The number of urea groups is 1. The SMILES string of the molecule is O=C(O)C[C@H](NC(=O)N1CCC2(CCCC2)CC1)C(=O)O. The Morgan fingerprint density at radius 2 is 1.62 bits per heavy atom. The Balaban J connectivity index is 1.86.